The molecule has 56 valence electrons. The number of halogens is 3. The minimum absolute atomic E-state index is 0.771. The van der Waals surface area contributed by atoms with Gasteiger partial charge in [-0.25, -0.2) is 0 Å². The fourth-order valence-electron chi connectivity index (χ4n) is 0.436. The topological polar surface area (TPSA) is 0 Å². The summed E-state index contributed by atoms with van der Waals surface area (Å²) >= 11 is 12.4. The van der Waals surface area contributed by atoms with Gasteiger partial charge in [0, 0.05) is 0 Å². The Morgan fingerprint density at radius 1 is 1.60 bits per heavy atom. The van der Waals surface area contributed by atoms with E-state index in [0.29, 0.717) is 0 Å². The van der Waals surface area contributed by atoms with Crippen LogP contribution in [0.25, 0.3) is 0 Å². The lowest BCUT2D eigenvalue weighted by molar-refractivity contribution is 0.516. The largest absolute Gasteiger partial charge is 0.310 e. The van der Waals surface area contributed by atoms with Gasteiger partial charge in [0.1, 0.15) is 0 Å². The zero-order valence-electron chi connectivity index (χ0n) is 4.68. The number of hydrogen-bond donors (Lipinski definition) is 0. The Balaban J connectivity index is 2.57. The molecule has 1 aromatic heterocycles. The van der Waals surface area contributed by atoms with Crippen molar-refractivity contribution in [3.8, 4) is 0 Å². The molecule has 0 spiro atoms. The number of rotatable bonds is 2. The lowest BCUT2D eigenvalue weighted by atomic mass is 10.7. The van der Waals surface area contributed by atoms with Gasteiger partial charge in [-0.15, -0.1) is 11.3 Å². The van der Waals surface area contributed by atoms with Crippen molar-refractivity contribution in [2.75, 3.05) is 0 Å². The number of thiophene rings is 1. The first-order chi connectivity index (χ1) is 4.58. The van der Waals surface area contributed by atoms with E-state index in [-0.39, 0.29) is 0 Å². The van der Waals surface area contributed by atoms with Gasteiger partial charge in [-0.2, -0.15) is 4.39 Å². The van der Waals surface area contributed by atoms with E-state index in [9.17, 15) is 4.39 Å². The lowest BCUT2D eigenvalue weighted by Crippen LogP contribution is -1.92. The summed E-state index contributed by atoms with van der Waals surface area (Å²) in [7, 11) is 0. The third-order valence-electron chi connectivity index (χ3n) is 0.711. The van der Waals surface area contributed by atoms with Crippen LogP contribution in [0.1, 0.15) is 0 Å². The van der Waals surface area contributed by atoms with E-state index in [1.807, 2.05) is 11.4 Å². The lowest BCUT2D eigenvalue weighted by Gasteiger charge is -2.04. The summed E-state index contributed by atoms with van der Waals surface area (Å²) in [4.78, 5) is 0. The molecule has 0 saturated carbocycles. The molecule has 0 saturated heterocycles. The standard InChI is InChI=1S/C5H3Cl2FS2/c6-5(7,8)10-4-2-1-3-9-4/h1-3H. The first-order valence-corrected chi connectivity index (χ1v) is 4.82. The maximum atomic E-state index is 12.5. The molecule has 0 fully saturated rings. The third kappa shape index (κ3) is 3.10. The highest BCUT2D eigenvalue weighted by atomic mass is 35.5. The van der Waals surface area contributed by atoms with Gasteiger partial charge in [-0.05, 0) is 23.2 Å². The van der Waals surface area contributed by atoms with Crippen molar-refractivity contribution in [1.29, 1.82) is 0 Å². The van der Waals surface area contributed by atoms with Crippen molar-refractivity contribution in [3.05, 3.63) is 17.5 Å². The maximum Gasteiger partial charge on any atom is 0.310 e. The summed E-state index contributed by atoms with van der Waals surface area (Å²) in [6, 6.07) is 3.57. The predicted molar refractivity (Wildman–Crippen MR) is 45.7 cm³/mol. The molecule has 0 aliphatic carbocycles. The second-order valence-electron chi connectivity index (χ2n) is 1.48. The van der Waals surface area contributed by atoms with Crippen molar-refractivity contribution in [1.82, 2.24) is 0 Å². The van der Waals surface area contributed by atoms with E-state index >= 15 is 0 Å². The predicted octanol–water partition coefficient (Wildman–Crippen LogP) is 3.90. The Morgan fingerprint density at radius 3 is 2.70 bits per heavy atom. The normalized spacial score (nSPS) is 11.9. The SMILES string of the molecule is FC(Cl)(Cl)Sc1cccs1. The molecule has 5 heteroatoms. The van der Waals surface area contributed by atoms with Crippen LogP contribution in [0, 0.1) is 0 Å². The van der Waals surface area contributed by atoms with Crippen LogP contribution in [0.2, 0.25) is 0 Å². The van der Waals surface area contributed by atoms with Crippen molar-refractivity contribution in [2.24, 2.45) is 0 Å². The molecule has 1 heterocycles. The monoisotopic (exact) mass is 216 g/mol. The van der Waals surface area contributed by atoms with E-state index in [1.54, 1.807) is 6.07 Å². The Hall–Kier alpha value is 0.560. The van der Waals surface area contributed by atoms with Crippen LogP contribution in [0.4, 0.5) is 4.39 Å². The summed E-state index contributed by atoms with van der Waals surface area (Å²) in [5.41, 5.74) is 0. The Labute approximate surface area is 76.3 Å². The van der Waals surface area contributed by atoms with E-state index in [2.05, 4.69) is 0 Å². The molecular formula is C5H3Cl2FS2. The van der Waals surface area contributed by atoms with Crippen LogP contribution >= 0.6 is 46.3 Å². The third-order valence-corrected chi connectivity index (χ3v) is 2.94. The van der Waals surface area contributed by atoms with E-state index in [1.165, 1.54) is 11.3 Å². The number of thioether (sulfide) groups is 1. The molecule has 1 aromatic rings. The van der Waals surface area contributed by atoms with Crippen LogP contribution in [-0.2, 0) is 0 Å². The molecule has 0 unspecified atom stereocenters. The first-order valence-electron chi connectivity index (χ1n) is 2.37. The average molecular weight is 217 g/mol. The Morgan fingerprint density at radius 2 is 2.30 bits per heavy atom. The summed E-state index contributed by atoms with van der Waals surface area (Å²) in [5, 5.41) is 1.84. The number of hydrogen-bond acceptors (Lipinski definition) is 2. The highest BCUT2D eigenvalue weighted by Crippen LogP contribution is 2.42. The van der Waals surface area contributed by atoms with E-state index in [4.69, 9.17) is 23.2 Å². The molecule has 0 radical (unpaired) electrons. The molecule has 0 N–H and O–H groups in total. The van der Waals surface area contributed by atoms with Gasteiger partial charge < -0.3 is 0 Å². The van der Waals surface area contributed by atoms with Gasteiger partial charge in [0.2, 0.25) is 0 Å². The second kappa shape index (κ2) is 3.30. The summed E-state index contributed by atoms with van der Waals surface area (Å²) in [6.07, 6.45) is 0. The zero-order chi connectivity index (χ0) is 7.61. The van der Waals surface area contributed by atoms with Gasteiger partial charge in [0.05, 0.1) is 4.21 Å². The number of alkyl halides is 3. The van der Waals surface area contributed by atoms with Gasteiger partial charge in [0.25, 0.3) is 0 Å². The zero-order valence-corrected chi connectivity index (χ0v) is 7.83. The van der Waals surface area contributed by atoms with Crippen LogP contribution in [-0.4, -0.2) is 3.92 Å². The molecule has 10 heavy (non-hydrogen) atoms. The average Bonchev–Trinajstić information content (AvgIpc) is 2.12. The molecule has 1 rings (SSSR count). The highest BCUT2D eigenvalue weighted by Gasteiger charge is 2.23. The molecule has 0 aliphatic rings. The fraction of sp³-hybridized carbons (Fsp3) is 0.200. The van der Waals surface area contributed by atoms with Crippen LogP contribution in [0.3, 0.4) is 0 Å². The van der Waals surface area contributed by atoms with Crippen molar-refractivity contribution < 1.29 is 4.39 Å². The quantitative estimate of drug-likeness (QED) is 0.534. The molecule has 0 aliphatic heterocycles. The second-order valence-corrected chi connectivity index (χ2v) is 5.58. The molecular weight excluding hydrogens is 214 g/mol. The minimum atomic E-state index is -2.20. The van der Waals surface area contributed by atoms with Crippen LogP contribution in [0.15, 0.2) is 21.7 Å². The van der Waals surface area contributed by atoms with Gasteiger partial charge in [0.15, 0.2) is 0 Å². The van der Waals surface area contributed by atoms with Gasteiger partial charge >= 0.3 is 3.92 Å². The van der Waals surface area contributed by atoms with Crippen molar-refractivity contribution in [2.45, 2.75) is 8.13 Å². The smallest absolute Gasteiger partial charge is 0.195 e. The first kappa shape index (κ1) is 8.65. The maximum absolute atomic E-state index is 12.5. The summed E-state index contributed by atoms with van der Waals surface area (Å²) in [5.74, 6) is 0. The fourth-order valence-corrected chi connectivity index (χ4v) is 2.74. The minimum Gasteiger partial charge on any atom is -0.195 e. The highest BCUT2D eigenvalue weighted by molar-refractivity contribution is 8.04. The van der Waals surface area contributed by atoms with E-state index in [0.717, 1.165) is 16.0 Å². The molecule has 0 atom stereocenters. The van der Waals surface area contributed by atoms with Gasteiger partial charge in [-0.1, -0.05) is 29.3 Å². The Kier molecular flexibility index (Phi) is 2.86. The van der Waals surface area contributed by atoms with E-state index < -0.39 is 3.92 Å². The van der Waals surface area contributed by atoms with Gasteiger partial charge in [-0.3, -0.25) is 0 Å². The van der Waals surface area contributed by atoms with Crippen molar-refractivity contribution >= 4 is 46.3 Å². The molecule has 0 bridgehead atoms. The molecule has 0 amide bonds. The van der Waals surface area contributed by atoms with Crippen molar-refractivity contribution in [3.63, 3.8) is 0 Å². The summed E-state index contributed by atoms with van der Waals surface area (Å²) < 4.78 is 11.0. The van der Waals surface area contributed by atoms with Crippen LogP contribution < -0.4 is 0 Å². The molecule has 0 nitrogen and oxygen atoms in total. The molecule has 0 aromatic carbocycles. The van der Waals surface area contributed by atoms with Crippen LogP contribution in [0.5, 0.6) is 0 Å². The Bertz CT molecular complexity index is 192. The summed E-state index contributed by atoms with van der Waals surface area (Å²) in [6.45, 7) is 0.